The van der Waals surface area contributed by atoms with Gasteiger partial charge in [0.15, 0.2) is 5.65 Å². The van der Waals surface area contributed by atoms with Crippen molar-refractivity contribution in [2.45, 2.75) is 6.18 Å². The van der Waals surface area contributed by atoms with Crippen molar-refractivity contribution < 1.29 is 27.5 Å². The average molecular weight is 359 g/mol. The lowest BCUT2D eigenvalue weighted by molar-refractivity contribution is -0.139. The van der Waals surface area contributed by atoms with E-state index >= 15 is 0 Å². The SMILES string of the molecule is O=C(O)n1c(-c2cccc(F)c2C(F)(F)F)cc2ccc(Cl)nc21. The third-order valence-electron chi connectivity index (χ3n) is 3.38. The number of hydrogen-bond acceptors (Lipinski definition) is 2. The summed E-state index contributed by atoms with van der Waals surface area (Å²) in [5.41, 5.74) is -2.62. The van der Waals surface area contributed by atoms with Gasteiger partial charge >= 0.3 is 12.3 Å². The van der Waals surface area contributed by atoms with E-state index in [-0.39, 0.29) is 21.9 Å². The molecule has 0 amide bonds. The molecule has 0 saturated carbocycles. The Kier molecular flexibility index (Phi) is 3.71. The Bertz CT molecular complexity index is 966. The lowest BCUT2D eigenvalue weighted by Crippen LogP contribution is -2.14. The Morgan fingerprint density at radius 2 is 1.92 bits per heavy atom. The first-order chi connectivity index (χ1) is 11.2. The van der Waals surface area contributed by atoms with E-state index in [0.717, 1.165) is 12.1 Å². The van der Waals surface area contributed by atoms with Crippen LogP contribution < -0.4 is 0 Å². The molecule has 0 saturated heterocycles. The zero-order chi connectivity index (χ0) is 17.6. The zero-order valence-electron chi connectivity index (χ0n) is 11.6. The van der Waals surface area contributed by atoms with E-state index in [9.17, 15) is 27.5 Å². The second-order valence-electron chi connectivity index (χ2n) is 4.85. The molecule has 0 aliphatic heterocycles. The highest BCUT2D eigenvalue weighted by Gasteiger charge is 2.38. The van der Waals surface area contributed by atoms with Gasteiger partial charge < -0.3 is 5.11 Å². The quantitative estimate of drug-likeness (QED) is 0.489. The molecule has 0 unspecified atom stereocenters. The van der Waals surface area contributed by atoms with Crippen LogP contribution in [0.15, 0.2) is 36.4 Å². The maximum absolute atomic E-state index is 13.8. The number of pyridine rings is 1. The summed E-state index contributed by atoms with van der Waals surface area (Å²) in [5, 5.41) is 9.61. The highest BCUT2D eigenvalue weighted by Crippen LogP contribution is 2.40. The molecule has 0 fully saturated rings. The van der Waals surface area contributed by atoms with Gasteiger partial charge in [0.05, 0.1) is 5.69 Å². The van der Waals surface area contributed by atoms with Crippen LogP contribution >= 0.6 is 11.6 Å². The highest BCUT2D eigenvalue weighted by atomic mass is 35.5. The largest absolute Gasteiger partial charge is 0.464 e. The van der Waals surface area contributed by atoms with E-state index < -0.39 is 29.2 Å². The van der Waals surface area contributed by atoms with Gasteiger partial charge in [0.1, 0.15) is 16.5 Å². The molecule has 9 heteroatoms. The van der Waals surface area contributed by atoms with Gasteiger partial charge in [-0.2, -0.15) is 13.2 Å². The second-order valence-corrected chi connectivity index (χ2v) is 5.24. The Balaban J connectivity index is 2.42. The van der Waals surface area contributed by atoms with Gasteiger partial charge in [-0.1, -0.05) is 23.7 Å². The molecular weight excluding hydrogens is 352 g/mol. The molecule has 0 bridgehead atoms. The summed E-state index contributed by atoms with van der Waals surface area (Å²) in [6, 6.07) is 6.72. The van der Waals surface area contributed by atoms with Gasteiger partial charge in [-0.15, -0.1) is 0 Å². The maximum Gasteiger partial charge on any atom is 0.419 e. The summed E-state index contributed by atoms with van der Waals surface area (Å²) >= 11 is 5.72. The lowest BCUT2D eigenvalue weighted by atomic mass is 10.0. The van der Waals surface area contributed by atoms with Gasteiger partial charge in [0, 0.05) is 10.9 Å². The average Bonchev–Trinajstić information content (AvgIpc) is 2.84. The number of carbonyl (C=O) groups is 1. The number of hydrogen-bond donors (Lipinski definition) is 1. The fourth-order valence-corrected chi connectivity index (χ4v) is 2.61. The minimum absolute atomic E-state index is 0.0232. The Morgan fingerprint density at radius 3 is 2.54 bits per heavy atom. The molecule has 0 aliphatic rings. The second kappa shape index (κ2) is 5.48. The molecule has 2 heterocycles. The van der Waals surface area contributed by atoms with E-state index in [1.165, 1.54) is 18.2 Å². The van der Waals surface area contributed by atoms with Crippen molar-refractivity contribution in [3.8, 4) is 11.3 Å². The number of fused-ring (bicyclic) bond motifs is 1. The third-order valence-corrected chi connectivity index (χ3v) is 3.59. The molecule has 0 spiro atoms. The molecule has 3 rings (SSSR count). The first-order valence-electron chi connectivity index (χ1n) is 6.47. The summed E-state index contributed by atoms with van der Waals surface area (Å²) in [6.45, 7) is 0. The minimum Gasteiger partial charge on any atom is -0.464 e. The van der Waals surface area contributed by atoms with Crippen LogP contribution in [-0.2, 0) is 6.18 Å². The van der Waals surface area contributed by atoms with Crippen molar-refractivity contribution in [1.29, 1.82) is 0 Å². The monoisotopic (exact) mass is 358 g/mol. The Labute approximate surface area is 136 Å². The topological polar surface area (TPSA) is 55.1 Å². The summed E-state index contributed by atoms with van der Waals surface area (Å²) in [5.74, 6) is -1.49. The number of carboxylic acid groups (broad SMARTS) is 1. The highest BCUT2D eigenvalue weighted by molar-refractivity contribution is 6.29. The fourth-order valence-electron chi connectivity index (χ4n) is 2.47. The summed E-state index contributed by atoms with van der Waals surface area (Å²) in [7, 11) is 0. The van der Waals surface area contributed by atoms with Crippen molar-refractivity contribution in [3.63, 3.8) is 0 Å². The molecule has 0 radical (unpaired) electrons. The van der Waals surface area contributed by atoms with Crippen LogP contribution in [0, 0.1) is 5.82 Å². The number of rotatable bonds is 1. The van der Waals surface area contributed by atoms with E-state index in [1.807, 2.05) is 0 Å². The van der Waals surface area contributed by atoms with Gasteiger partial charge in [-0.05, 0) is 24.3 Å². The summed E-state index contributed by atoms with van der Waals surface area (Å²) in [6.07, 6.45) is -6.56. The molecule has 2 aromatic heterocycles. The molecule has 1 N–H and O–H groups in total. The lowest BCUT2D eigenvalue weighted by Gasteiger charge is -2.14. The summed E-state index contributed by atoms with van der Waals surface area (Å²) in [4.78, 5) is 15.4. The van der Waals surface area contributed by atoms with E-state index in [1.54, 1.807) is 0 Å². The molecule has 1 aromatic carbocycles. The smallest absolute Gasteiger partial charge is 0.419 e. The number of nitrogens with zero attached hydrogens (tertiary/aromatic N) is 2. The Morgan fingerprint density at radius 1 is 1.21 bits per heavy atom. The Hall–Kier alpha value is -2.61. The molecular formula is C15H7ClF4N2O2. The number of halogens is 5. The van der Waals surface area contributed by atoms with Gasteiger partial charge in [-0.25, -0.2) is 18.7 Å². The van der Waals surface area contributed by atoms with Crippen LogP contribution in [0.5, 0.6) is 0 Å². The van der Waals surface area contributed by atoms with Crippen molar-refractivity contribution in [2.24, 2.45) is 0 Å². The standard InChI is InChI=1S/C15H7ClF4N2O2/c16-11-5-4-7-6-10(22(14(23)24)13(7)21-11)8-2-1-3-9(17)12(8)15(18,19)20/h1-6H,(H,23,24). The van der Waals surface area contributed by atoms with Crippen molar-refractivity contribution in [3.05, 3.63) is 52.9 Å². The number of benzene rings is 1. The van der Waals surface area contributed by atoms with Gasteiger partial charge in [0.2, 0.25) is 0 Å². The fraction of sp³-hybridized carbons (Fsp3) is 0.0667. The van der Waals surface area contributed by atoms with Crippen LogP contribution in [0.3, 0.4) is 0 Å². The van der Waals surface area contributed by atoms with E-state index in [4.69, 9.17) is 11.6 Å². The molecule has 24 heavy (non-hydrogen) atoms. The van der Waals surface area contributed by atoms with Crippen molar-refractivity contribution in [2.75, 3.05) is 0 Å². The van der Waals surface area contributed by atoms with Crippen molar-refractivity contribution in [1.82, 2.24) is 9.55 Å². The van der Waals surface area contributed by atoms with Crippen molar-refractivity contribution >= 4 is 28.7 Å². The van der Waals surface area contributed by atoms with Gasteiger partial charge in [-0.3, -0.25) is 0 Å². The molecule has 0 aliphatic carbocycles. The predicted octanol–water partition coefficient (Wildman–Crippen LogP) is 5.04. The maximum atomic E-state index is 13.8. The zero-order valence-corrected chi connectivity index (χ0v) is 12.4. The van der Waals surface area contributed by atoms with E-state index in [0.29, 0.717) is 10.6 Å². The summed E-state index contributed by atoms with van der Waals surface area (Å²) < 4.78 is 54.0. The number of aromatic nitrogens is 2. The molecule has 124 valence electrons. The van der Waals surface area contributed by atoms with Crippen LogP contribution in [0.1, 0.15) is 5.56 Å². The minimum atomic E-state index is -4.99. The first kappa shape index (κ1) is 16.3. The third kappa shape index (κ3) is 2.58. The van der Waals surface area contributed by atoms with Crippen LogP contribution in [0.25, 0.3) is 22.3 Å². The first-order valence-corrected chi connectivity index (χ1v) is 6.85. The normalized spacial score (nSPS) is 11.9. The van der Waals surface area contributed by atoms with Gasteiger partial charge in [0.25, 0.3) is 0 Å². The van der Waals surface area contributed by atoms with Crippen LogP contribution in [-0.4, -0.2) is 20.8 Å². The van der Waals surface area contributed by atoms with E-state index in [2.05, 4.69) is 4.98 Å². The van der Waals surface area contributed by atoms with Crippen LogP contribution in [0.4, 0.5) is 22.4 Å². The molecule has 0 atom stereocenters. The van der Waals surface area contributed by atoms with Crippen LogP contribution in [0.2, 0.25) is 5.15 Å². The molecule has 4 nitrogen and oxygen atoms in total. The molecule has 3 aromatic rings. The number of alkyl halides is 3. The predicted molar refractivity (Wildman–Crippen MR) is 78.6 cm³/mol.